The molecule has 0 aromatic heterocycles. The van der Waals surface area contributed by atoms with Crippen LogP contribution >= 0.6 is 0 Å². The van der Waals surface area contributed by atoms with Gasteiger partial charge in [0.15, 0.2) is 0 Å². The molecule has 1 unspecified atom stereocenters. The number of nitrogens with one attached hydrogen (secondary N) is 1. The smallest absolute Gasteiger partial charge is 0.119 e. The largest absolute Gasteiger partial charge is 0.497 e. The van der Waals surface area contributed by atoms with Crippen LogP contribution in [0.25, 0.3) is 0 Å². The van der Waals surface area contributed by atoms with Gasteiger partial charge in [0.2, 0.25) is 0 Å². The number of nitriles is 1. The van der Waals surface area contributed by atoms with Crippen molar-refractivity contribution in [1.82, 2.24) is 5.32 Å². The Hall–Kier alpha value is -1.73. The first kappa shape index (κ1) is 13.3. The average molecular weight is 234 g/mol. The van der Waals surface area contributed by atoms with Gasteiger partial charge in [0.25, 0.3) is 0 Å². The van der Waals surface area contributed by atoms with Crippen LogP contribution < -0.4 is 14.8 Å². The van der Waals surface area contributed by atoms with Crippen LogP contribution in [0, 0.1) is 11.3 Å². The van der Waals surface area contributed by atoms with Gasteiger partial charge in [-0.3, -0.25) is 0 Å². The van der Waals surface area contributed by atoms with E-state index >= 15 is 0 Å². The molecule has 0 radical (unpaired) electrons. The van der Waals surface area contributed by atoms with Gasteiger partial charge in [0.1, 0.15) is 11.5 Å². The average Bonchev–Trinajstić information content (AvgIpc) is 2.38. The summed E-state index contributed by atoms with van der Waals surface area (Å²) in [6, 6.07) is 9.46. The maximum atomic E-state index is 8.84. The van der Waals surface area contributed by atoms with Gasteiger partial charge in [-0.1, -0.05) is 6.92 Å². The molecule has 1 atom stereocenters. The quantitative estimate of drug-likeness (QED) is 0.783. The van der Waals surface area contributed by atoms with Crippen molar-refractivity contribution < 1.29 is 9.47 Å². The second-order valence-corrected chi connectivity index (χ2v) is 3.55. The van der Waals surface area contributed by atoms with Gasteiger partial charge in [-0.15, -0.1) is 0 Å². The molecule has 1 aromatic carbocycles. The van der Waals surface area contributed by atoms with Crippen LogP contribution in [-0.4, -0.2) is 26.3 Å². The van der Waals surface area contributed by atoms with Crippen LogP contribution in [0.1, 0.15) is 13.3 Å². The van der Waals surface area contributed by atoms with Crippen molar-refractivity contribution in [1.29, 1.82) is 5.26 Å². The minimum absolute atomic E-state index is 0.141. The van der Waals surface area contributed by atoms with Crippen molar-refractivity contribution in [3.63, 3.8) is 0 Å². The summed E-state index contributed by atoms with van der Waals surface area (Å²) >= 11 is 0. The van der Waals surface area contributed by atoms with E-state index in [9.17, 15) is 0 Å². The third-order valence-corrected chi connectivity index (χ3v) is 2.34. The van der Waals surface area contributed by atoms with Crippen molar-refractivity contribution in [2.75, 3.05) is 20.3 Å². The number of rotatable bonds is 7. The normalized spacial score (nSPS) is 11.6. The summed E-state index contributed by atoms with van der Waals surface area (Å²) in [6.45, 7) is 3.30. The zero-order valence-corrected chi connectivity index (χ0v) is 10.3. The number of benzene rings is 1. The van der Waals surface area contributed by atoms with Gasteiger partial charge in [0.05, 0.1) is 25.8 Å². The van der Waals surface area contributed by atoms with Crippen molar-refractivity contribution in [3.05, 3.63) is 24.3 Å². The summed E-state index contributed by atoms with van der Waals surface area (Å²) in [5, 5.41) is 11.9. The lowest BCUT2D eigenvalue weighted by Gasteiger charge is -2.11. The van der Waals surface area contributed by atoms with E-state index in [-0.39, 0.29) is 6.04 Å². The van der Waals surface area contributed by atoms with Crippen LogP contribution in [0.2, 0.25) is 0 Å². The van der Waals surface area contributed by atoms with Crippen molar-refractivity contribution in [2.45, 2.75) is 19.4 Å². The van der Waals surface area contributed by atoms with Gasteiger partial charge < -0.3 is 14.8 Å². The molecule has 0 aliphatic carbocycles. The fourth-order valence-electron chi connectivity index (χ4n) is 1.43. The number of methoxy groups -OCH3 is 1. The molecule has 0 heterocycles. The Morgan fingerprint density at radius 3 is 2.47 bits per heavy atom. The zero-order valence-electron chi connectivity index (χ0n) is 10.3. The fourth-order valence-corrected chi connectivity index (χ4v) is 1.43. The van der Waals surface area contributed by atoms with E-state index in [1.165, 1.54) is 0 Å². The zero-order chi connectivity index (χ0) is 12.5. The Bertz CT molecular complexity index is 357. The maximum Gasteiger partial charge on any atom is 0.119 e. The Kier molecular flexibility index (Phi) is 5.91. The van der Waals surface area contributed by atoms with Gasteiger partial charge in [0, 0.05) is 6.42 Å². The molecule has 4 heteroatoms. The molecule has 0 saturated heterocycles. The Balaban J connectivity index is 2.32. The van der Waals surface area contributed by atoms with E-state index in [0.717, 1.165) is 18.0 Å². The van der Waals surface area contributed by atoms with E-state index in [2.05, 4.69) is 11.4 Å². The van der Waals surface area contributed by atoms with Gasteiger partial charge in [-0.05, 0) is 30.8 Å². The minimum Gasteiger partial charge on any atom is -0.497 e. The Morgan fingerprint density at radius 1 is 1.29 bits per heavy atom. The van der Waals surface area contributed by atoms with Crippen LogP contribution in [0.4, 0.5) is 0 Å². The molecule has 4 nitrogen and oxygen atoms in total. The summed E-state index contributed by atoms with van der Waals surface area (Å²) in [5.41, 5.74) is 0. The molecule has 1 rings (SSSR count). The van der Waals surface area contributed by atoms with Gasteiger partial charge >= 0.3 is 0 Å². The summed E-state index contributed by atoms with van der Waals surface area (Å²) < 4.78 is 10.6. The second kappa shape index (κ2) is 7.53. The first-order valence-electron chi connectivity index (χ1n) is 5.70. The molecule has 0 saturated carbocycles. The third-order valence-electron chi connectivity index (χ3n) is 2.34. The van der Waals surface area contributed by atoms with Crippen LogP contribution in [0.5, 0.6) is 11.5 Å². The number of nitrogens with zero attached hydrogens (tertiary/aromatic N) is 1. The van der Waals surface area contributed by atoms with Crippen molar-refractivity contribution in [3.8, 4) is 17.6 Å². The van der Waals surface area contributed by atoms with Crippen LogP contribution in [-0.2, 0) is 0 Å². The monoisotopic (exact) mass is 234 g/mol. The Morgan fingerprint density at radius 2 is 1.94 bits per heavy atom. The van der Waals surface area contributed by atoms with Crippen molar-refractivity contribution >= 4 is 0 Å². The molecule has 0 amide bonds. The number of ether oxygens (including phenoxy) is 2. The van der Waals surface area contributed by atoms with Gasteiger partial charge in [-0.25, -0.2) is 0 Å². The van der Waals surface area contributed by atoms with Crippen LogP contribution in [0.3, 0.4) is 0 Å². The molecule has 92 valence electrons. The number of hydrogen-bond donors (Lipinski definition) is 1. The second-order valence-electron chi connectivity index (χ2n) is 3.55. The highest BCUT2D eigenvalue weighted by molar-refractivity contribution is 5.31. The lowest BCUT2D eigenvalue weighted by Crippen LogP contribution is -2.28. The van der Waals surface area contributed by atoms with E-state index in [1.807, 2.05) is 31.2 Å². The first-order valence-corrected chi connectivity index (χ1v) is 5.70. The standard InChI is InChI=1S/C13H18N2O2/c1-3-15-11(10-14)8-9-17-13-6-4-12(16-2)5-7-13/h4-7,11,15H,3,8-9H2,1-2H3. The maximum absolute atomic E-state index is 8.84. The lowest BCUT2D eigenvalue weighted by atomic mass is 10.2. The first-order chi connectivity index (χ1) is 8.30. The number of hydrogen-bond acceptors (Lipinski definition) is 4. The molecule has 0 spiro atoms. The molecule has 0 fully saturated rings. The predicted octanol–water partition coefficient (Wildman–Crippen LogP) is 1.97. The lowest BCUT2D eigenvalue weighted by molar-refractivity contribution is 0.298. The SMILES string of the molecule is CCNC(C#N)CCOc1ccc(OC)cc1. The summed E-state index contributed by atoms with van der Waals surface area (Å²) in [5.74, 6) is 1.60. The topological polar surface area (TPSA) is 54.3 Å². The Labute approximate surface area is 102 Å². The van der Waals surface area contributed by atoms with Crippen molar-refractivity contribution in [2.24, 2.45) is 0 Å². The predicted molar refractivity (Wildman–Crippen MR) is 66.2 cm³/mol. The minimum atomic E-state index is -0.141. The molecule has 1 aromatic rings. The molecule has 0 aliphatic heterocycles. The molecule has 17 heavy (non-hydrogen) atoms. The summed E-state index contributed by atoms with van der Waals surface area (Å²) in [7, 11) is 1.63. The fraction of sp³-hybridized carbons (Fsp3) is 0.462. The van der Waals surface area contributed by atoms with E-state index in [4.69, 9.17) is 14.7 Å². The third kappa shape index (κ3) is 4.75. The molecular weight excluding hydrogens is 216 g/mol. The molecule has 0 bridgehead atoms. The highest BCUT2D eigenvalue weighted by Crippen LogP contribution is 2.17. The van der Waals surface area contributed by atoms with E-state index in [1.54, 1.807) is 7.11 Å². The van der Waals surface area contributed by atoms with E-state index in [0.29, 0.717) is 13.0 Å². The summed E-state index contributed by atoms with van der Waals surface area (Å²) in [6.07, 6.45) is 0.677. The summed E-state index contributed by atoms with van der Waals surface area (Å²) in [4.78, 5) is 0. The highest BCUT2D eigenvalue weighted by Gasteiger charge is 2.05. The van der Waals surface area contributed by atoms with Crippen LogP contribution in [0.15, 0.2) is 24.3 Å². The van der Waals surface area contributed by atoms with Gasteiger partial charge in [-0.2, -0.15) is 5.26 Å². The highest BCUT2D eigenvalue weighted by atomic mass is 16.5. The molecule has 0 aliphatic rings. The van der Waals surface area contributed by atoms with E-state index < -0.39 is 0 Å². The molecule has 1 N–H and O–H groups in total. The molecular formula is C13H18N2O2.